The Morgan fingerprint density at radius 3 is 1.91 bits per heavy atom. The van der Waals surface area contributed by atoms with Crippen LogP contribution in [-0.2, 0) is 43.9 Å². The second kappa shape index (κ2) is 31.4. The van der Waals surface area contributed by atoms with Crippen molar-refractivity contribution < 1.29 is 56.4 Å². The third kappa shape index (κ3) is 23.4. The Labute approximate surface area is 404 Å². The largest absolute Gasteiger partial charge is 0.756 e. The molecule has 16 heteroatoms. The first-order valence-corrected chi connectivity index (χ1v) is 26.4. The number of amides is 1. The lowest BCUT2D eigenvalue weighted by Gasteiger charge is -2.28. The standard InChI is InChI=1S/C51H79ClN3O11P/c1-7-8-9-10-11-12-13-14-15-16-17-18-19-20-22-25-49(57)63-38-44(39-65-67(60,61)64-35-34-55(3,4)5)66-50(58)26-23-21-24-33-53-48(56)37-45-40(2)54(47-32-31-43(62-6)36-46(45)47)51(59)41-27-29-42(52)30-28-41/h27-32,36,44H,7-26,33-35,37-39H2,1-6H3,(H-,53,56,60,61). The molecular weight excluding hydrogens is 897 g/mol. The zero-order valence-electron chi connectivity index (χ0n) is 41.2. The molecule has 67 heavy (non-hydrogen) atoms. The van der Waals surface area contributed by atoms with Gasteiger partial charge in [0.1, 0.15) is 25.5 Å². The van der Waals surface area contributed by atoms with Gasteiger partial charge in [-0.3, -0.25) is 28.3 Å². The van der Waals surface area contributed by atoms with E-state index >= 15 is 0 Å². The van der Waals surface area contributed by atoms with Gasteiger partial charge in [0.25, 0.3) is 13.7 Å². The minimum Gasteiger partial charge on any atom is -0.756 e. The summed E-state index contributed by atoms with van der Waals surface area (Å²) in [7, 11) is 2.53. The zero-order chi connectivity index (χ0) is 49.1. The van der Waals surface area contributed by atoms with E-state index in [2.05, 4.69) is 12.2 Å². The van der Waals surface area contributed by atoms with E-state index in [4.69, 9.17) is 34.9 Å². The summed E-state index contributed by atoms with van der Waals surface area (Å²) in [4.78, 5) is 64.9. The number of nitrogens with one attached hydrogen (secondary N) is 1. The highest BCUT2D eigenvalue weighted by atomic mass is 35.5. The number of fused-ring (bicyclic) bond motifs is 1. The third-order valence-corrected chi connectivity index (χ3v) is 12.9. The number of unbranched alkanes of at least 4 members (excludes halogenated alkanes) is 16. The molecule has 2 unspecified atom stereocenters. The molecule has 0 bridgehead atoms. The van der Waals surface area contributed by atoms with Crippen LogP contribution in [-0.4, -0.2) is 100 Å². The van der Waals surface area contributed by atoms with Crippen molar-refractivity contribution in [1.82, 2.24) is 9.88 Å². The average Bonchev–Trinajstić information content (AvgIpc) is 3.55. The van der Waals surface area contributed by atoms with Gasteiger partial charge in [-0.05, 0) is 74.2 Å². The van der Waals surface area contributed by atoms with E-state index in [0.717, 1.165) is 24.6 Å². The molecule has 1 N–H and O–H groups in total. The number of ether oxygens (including phenoxy) is 3. The Balaban J connectivity index is 1.41. The molecular formula is C51H79ClN3O11P. The molecule has 3 aromatic rings. The molecule has 0 aliphatic heterocycles. The van der Waals surface area contributed by atoms with Crippen LogP contribution in [0.2, 0.25) is 5.02 Å². The SMILES string of the molecule is CCCCCCCCCCCCCCCCCC(=O)OCC(COP(=O)([O-])OCC[N+](C)(C)C)OC(=O)CCCCCNC(=O)Cc1c(C)n(C(=O)c2ccc(Cl)cc2)c2ccc(OC)cc12. The predicted molar refractivity (Wildman–Crippen MR) is 262 cm³/mol. The van der Waals surface area contributed by atoms with Crippen LogP contribution >= 0.6 is 19.4 Å². The van der Waals surface area contributed by atoms with Crippen molar-refractivity contribution in [2.24, 2.45) is 0 Å². The van der Waals surface area contributed by atoms with Crippen LogP contribution in [0.4, 0.5) is 0 Å². The summed E-state index contributed by atoms with van der Waals surface area (Å²) >= 11 is 6.06. The Kier molecular flexibility index (Phi) is 26.9. The second-order valence-corrected chi connectivity index (χ2v) is 20.4. The summed E-state index contributed by atoms with van der Waals surface area (Å²) in [6.45, 7) is 3.84. The molecule has 376 valence electrons. The lowest BCUT2D eigenvalue weighted by atomic mass is 10.0. The number of phosphoric ester groups is 1. The van der Waals surface area contributed by atoms with Gasteiger partial charge in [0, 0.05) is 41.1 Å². The van der Waals surface area contributed by atoms with E-state index in [1.54, 1.807) is 48.1 Å². The summed E-state index contributed by atoms with van der Waals surface area (Å²) in [5.41, 5.74) is 2.45. The van der Waals surface area contributed by atoms with E-state index in [-0.39, 0.29) is 44.3 Å². The molecule has 2 aromatic carbocycles. The first-order valence-electron chi connectivity index (χ1n) is 24.5. The number of likely N-dealkylation sites (N-methyl/N-ethyl adjacent to an activating group) is 1. The Bertz CT molecular complexity index is 2000. The highest BCUT2D eigenvalue weighted by Gasteiger charge is 2.24. The molecule has 0 aliphatic rings. The summed E-state index contributed by atoms with van der Waals surface area (Å²) < 4.78 is 41.1. The Morgan fingerprint density at radius 1 is 0.761 bits per heavy atom. The van der Waals surface area contributed by atoms with Crippen LogP contribution in [0.1, 0.15) is 157 Å². The van der Waals surface area contributed by atoms with E-state index in [1.807, 2.05) is 34.1 Å². The van der Waals surface area contributed by atoms with Crippen molar-refractivity contribution in [2.45, 2.75) is 155 Å². The number of halogens is 1. The summed E-state index contributed by atoms with van der Waals surface area (Å²) in [6.07, 6.45) is 19.0. The normalized spacial score (nSPS) is 13.0. The fourth-order valence-electron chi connectivity index (χ4n) is 7.72. The molecule has 0 saturated heterocycles. The van der Waals surface area contributed by atoms with Gasteiger partial charge in [-0.1, -0.05) is 115 Å². The van der Waals surface area contributed by atoms with E-state index in [0.29, 0.717) is 76.4 Å². The average molecular weight is 977 g/mol. The van der Waals surface area contributed by atoms with Gasteiger partial charge in [-0.15, -0.1) is 0 Å². The van der Waals surface area contributed by atoms with Gasteiger partial charge in [-0.25, -0.2) is 0 Å². The summed E-state index contributed by atoms with van der Waals surface area (Å²) in [5.74, 6) is -0.921. The zero-order valence-corrected chi connectivity index (χ0v) is 42.9. The number of benzene rings is 2. The second-order valence-electron chi connectivity index (χ2n) is 18.5. The van der Waals surface area contributed by atoms with Gasteiger partial charge in [0.05, 0.1) is 46.8 Å². The molecule has 1 amide bonds. The molecule has 0 aliphatic carbocycles. The number of rotatable bonds is 36. The van der Waals surface area contributed by atoms with Crippen LogP contribution < -0.4 is 14.9 Å². The summed E-state index contributed by atoms with van der Waals surface area (Å²) in [5, 5.41) is 4.19. The van der Waals surface area contributed by atoms with Crippen molar-refractivity contribution in [2.75, 3.05) is 61.2 Å². The number of hydrogen-bond donors (Lipinski definition) is 1. The topological polar surface area (TPSA) is 172 Å². The lowest BCUT2D eigenvalue weighted by Crippen LogP contribution is -2.37. The molecule has 0 radical (unpaired) electrons. The van der Waals surface area contributed by atoms with Gasteiger partial charge in [0.15, 0.2) is 6.10 Å². The predicted octanol–water partition coefficient (Wildman–Crippen LogP) is 10.4. The fourth-order valence-corrected chi connectivity index (χ4v) is 8.57. The molecule has 0 fully saturated rings. The highest BCUT2D eigenvalue weighted by molar-refractivity contribution is 7.45. The molecule has 0 saturated carbocycles. The number of methoxy groups -OCH3 is 1. The van der Waals surface area contributed by atoms with Crippen LogP contribution in [0.25, 0.3) is 10.9 Å². The fraction of sp³-hybridized carbons (Fsp3) is 0.647. The first kappa shape index (κ1) is 57.5. The number of aromatic nitrogens is 1. The number of phosphoric acid groups is 1. The highest BCUT2D eigenvalue weighted by Crippen LogP contribution is 2.38. The van der Waals surface area contributed by atoms with Gasteiger partial charge < -0.3 is 38.0 Å². The lowest BCUT2D eigenvalue weighted by molar-refractivity contribution is -0.870. The van der Waals surface area contributed by atoms with Crippen molar-refractivity contribution in [3.8, 4) is 5.75 Å². The Hall–Kier alpha value is -3.78. The van der Waals surface area contributed by atoms with Crippen molar-refractivity contribution in [3.05, 3.63) is 64.3 Å². The first-order chi connectivity index (χ1) is 32.0. The number of carbonyl (C=O) groups is 4. The number of hydrogen-bond acceptors (Lipinski definition) is 11. The Morgan fingerprint density at radius 2 is 1.33 bits per heavy atom. The maximum atomic E-state index is 13.6. The summed E-state index contributed by atoms with van der Waals surface area (Å²) in [6, 6.07) is 12.0. The molecule has 0 spiro atoms. The van der Waals surface area contributed by atoms with E-state index in [1.165, 1.54) is 70.6 Å². The number of esters is 2. The maximum absolute atomic E-state index is 13.6. The quantitative estimate of drug-likeness (QED) is 0.0254. The number of nitrogens with zero attached hydrogens (tertiary/aromatic N) is 2. The van der Waals surface area contributed by atoms with Gasteiger partial charge >= 0.3 is 11.9 Å². The van der Waals surface area contributed by atoms with Crippen LogP contribution in [0, 0.1) is 6.92 Å². The minimum absolute atomic E-state index is 0.0226. The maximum Gasteiger partial charge on any atom is 0.306 e. The van der Waals surface area contributed by atoms with Crippen LogP contribution in [0.3, 0.4) is 0 Å². The van der Waals surface area contributed by atoms with Gasteiger partial charge in [0.2, 0.25) is 5.91 Å². The van der Waals surface area contributed by atoms with Crippen molar-refractivity contribution in [1.29, 1.82) is 0 Å². The van der Waals surface area contributed by atoms with Crippen LogP contribution in [0.5, 0.6) is 5.75 Å². The monoisotopic (exact) mass is 976 g/mol. The molecule has 3 rings (SSSR count). The smallest absolute Gasteiger partial charge is 0.306 e. The minimum atomic E-state index is -4.72. The molecule has 14 nitrogen and oxygen atoms in total. The van der Waals surface area contributed by atoms with E-state index < -0.39 is 32.5 Å². The van der Waals surface area contributed by atoms with Crippen LogP contribution in [0.15, 0.2) is 42.5 Å². The number of quaternary nitrogens is 1. The molecule has 1 aromatic heterocycles. The number of carbonyl (C=O) groups excluding carboxylic acids is 4. The van der Waals surface area contributed by atoms with Gasteiger partial charge in [-0.2, -0.15) is 0 Å². The van der Waals surface area contributed by atoms with E-state index in [9.17, 15) is 28.6 Å². The third-order valence-electron chi connectivity index (χ3n) is 11.7. The van der Waals surface area contributed by atoms with Crippen molar-refractivity contribution >= 4 is 54.1 Å². The van der Waals surface area contributed by atoms with Crippen molar-refractivity contribution in [3.63, 3.8) is 0 Å². The molecule has 1 heterocycles. The molecule has 2 atom stereocenters.